The van der Waals surface area contributed by atoms with Crippen molar-refractivity contribution in [3.05, 3.63) is 46.8 Å². The van der Waals surface area contributed by atoms with Crippen LogP contribution in [0.25, 0.3) is 0 Å². The van der Waals surface area contributed by atoms with Gasteiger partial charge in [0, 0.05) is 13.0 Å². The van der Waals surface area contributed by atoms with E-state index in [0.717, 1.165) is 11.1 Å². The molecule has 2 aromatic rings. The summed E-state index contributed by atoms with van der Waals surface area (Å²) in [7, 11) is -3.51. The quantitative estimate of drug-likeness (QED) is 0.809. The van der Waals surface area contributed by atoms with E-state index < -0.39 is 9.84 Å². The predicted octanol–water partition coefficient (Wildman–Crippen LogP) is 2.47. The van der Waals surface area contributed by atoms with Crippen LogP contribution in [0.3, 0.4) is 0 Å². The van der Waals surface area contributed by atoms with Gasteiger partial charge in [-0.05, 0) is 37.1 Å². The van der Waals surface area contributed by atoms with Crippen LogP contribution in [-0.4, -0.2) is 19.4 Å². The highest BCUT2D eigenvalue weighted by Crippen LogP contribution is 2.20. The summed E-state index contributed by atoms with van der Waals surface area (Å²) in [5.41, 5.74) is 2.07. The Hall–Kier alpha value is -1.95. The van der Waals surface area contributed by atoms with Crippen LogP contribution in [0, 0.1) is 13.8 Å². The van der Waals surface area contributed by atoms with Gasteiger partial charge in [0.1, 0.15) is 11.4 Å². The molecule has 0 fully saturated rings. The zero-order valence-electron chi connectivity index (χ0n) is 11.5. The van der Waals surface area contributed by atoms with Crippen LogP contribution < -0.4 is 0 Å². The van der Waals surface area contributed by atoms with Crippen molar-refractivity contribution in [2.45, 2.75) is 31.4 Å². The number of sulfone groups is 1. The zero-order valence-corrected chi connectivity index (χ0v) is 12.3. The molecule has 0 aliphatic carbocycles. The summed E-state index contributed by atoms with van der Waals surface area (Å²) in [4.78, 5) is 11.3. The van der Waals surface area contributed by atoms with Crippen molar-refractivity contribution in [2.75, 3.05) is 0 Å². The normalized spacial score (nSPS) is 11.6. The van der Waals surface area contributed by atoms with Crippen LogP contribution in [0.5, 0.6) is 0 Å². The lowest BCUT2D eigenvalue weighted by atomic mass is 10.1. The second-order valence-corrected chi connectivity index (χ2v) is 6.73. The van der Waals surface area contributed by atoms with Gasteiger partial charge in [-0.3, -0.25) is 4.79 Å². The molecule has 0 saturated carbocycles. The first-order chi connectivity index (χ1) is 9.29. The minimum atomic E-state index is -3.51. The van der Waals surface area contributed by atoms with E-state index in [4.69, 9.17) is 4.52 Å². The number of hydrogen-bond donors (Lipinski definition) is 0. The second-order valence-electron chi connectivity index (χ2n) is 4.74. The number of aryl methyl sites for hydroxylation is 2. The lowest BCUT2D eigenvalue weighted by Gasteiger charge is -2.05. The molecular formula is C14H15NO4S. The van der Waals surface area contributed by atoms with Crippen molar-refractivity contribution < 1.29 is 17.7 Å². The topological polar surface area (TPSA) is 77.2 Å². The highest BCUT2D eigenvalue weighted by atomic mass is 32.2. The monoisotopic (exact) mass is 293 g/mol. The van der Waals surface area contributed by atoms with Gasteiger partial charge in [0.05, 0.1) is 4.90 Å². The summed E-state index contributed by atoms with van der Waals surface area (Å²) < 4.78 is 29.4. The lowest BCUT2D eigenvalue weighted by Crippen LogP contribution is -2.05. The van der Waals surface area contributed by atoms with Gasteiger partial charge < -0.3 is 4.52 Å². The van der Waals surface area contributed by atoms with Gasteiger partial charge in [-0.15, -0.1) is 0 Å². The Morgan fingerprint density at radius 3 is 2.45 bits per heavy atom. The van der Waals surface area contributed by atoms with Crippen molar-refractivity contribution in [2.24, 2.45) is 0 Å². The number of nitrogens with zero attached hydrogens (tertiary/aromatic N) is 1. The third kappa shape index (κ3) is 2.96. The molecule has 2 rings (SSSR count). The number of rotatable bonds is 4. The molecule has 1 aromatic carbocycles. The molecule has 0 amide bonds. The minimum Gasteiger partial charge on any atom is -0.360 e. The highest BCUT2D eigenvalue weighted by Gasteiger charge is 2.19. The van der Waals surface area contributed by atoms with E-state index in [1.807, 2.05) is 13.8 Å². The molecule has 0 spiro atoms. The van der Waals surface area contributed by atoms with Crippen LogP contribution in [0.4, 0.5) is 0 Å². The molecule has 0 N–H and O–H groups in total. The molecule has 106 valence electrons. The first-order valence-corrected chi connectivity index (χ1v) is 7.71. The van der Waals surface area contributed by atoms with E-state index in [9.17, 15) is 13.2 Å². The fourth-order valence-corrected chi connectivity index (χ4v) is 3.03. The molecule has 1 heterocycles. The first kappa shape index (κ1) is 14.5. The molecule has 0 unspecified atom stereocenters. The third-order valence-corrected chi connectivity index (χ3v) is 4.73. The molecule has 5 nitrogen and oxygen atoms in total. The molecule has 0 radical (unpaired) electrons. The minimum absolute atomic E-state index is 0.135. The zero-order chi connectivity index (χ0) is 14.9. The Labute approximate surface area is 117 Å². The molecule has 0 aliphatic heterocycles. The van der Waals surface area contributed by atoms with Crippen molar-refractivity contribution in [3.63, 3.8) is 0 Å². The number of aromatic nitrogens is 1. The Balaban J connectivity index is 2.30. The predicted molar refractivity (Wildman–Crippen MR) is 73.3 cm³/mol. The van der Waals surface area contributed by atoms with E-state index >= 15 is 0 Å². The number of benzene rings is 1. The van der Waals surface area contributed by atoms with Crippen LogP contribution in [-0.2, 0) is 15.6 Å². The standard InChI is InChI=1S/C14H15NO4S/c1-9-4-5-13(6-10(9)2)20(17,18)8-12-7-14(11(3)16)15-19-12/h4-7H,8H2,1-3H3. The molecule has 0 bridgehead atoms. The molecule has 0 atom stereocenters. The third-order valence-electron chi connectivity index (χ3n) is 3.09. The summed E-state index contributed by atoms with van der Waals surface area (Å²) in [5, 5.41) is 3.54. The molecule has 1 aromatic heterocycles. The molecule has 0 aliphatic rings. The van der Waals surface area contributed by atoms with Gasteiger partial charge in [-0.25, -0.2) is 8.42 Å². The van der Waals surface area contributed by atoms with E-state index in [1.165, 1.54) is 13.0 Å². The molecule has 20 heavy (non-hydrogen) atoms. The molecule has 0 saturated heterocycles. The van der Waals surface area contributed by atoms with Gasteiger partial charge in [0.2, 0.25) is 0 Å². The number of Topliss-reactive ketones (excluding diaryl/α,β-unsaturated/α-hetero) is 1. The largest absolute Gasteiger partial charge is 0.360 e. The van der Waals surface area contributed by atoms with Crippen molar-refractivity contribution >= 4 is 15.6 Å². The molecular weight excluding hydrogens is 278 g/mol. The van der Waals surface area contributed by atoms with Gasteiger partial charge >= 0.3 is 0 Å². The fourth-order valence-electron chi connectivity index (χ4n) is 1.72. The van der Waals surface area contributed by atoms with Gasteiger partial charge in [0.15, 0.2) is 21.4 Å². The van der Waals surface area contributed by atoms with Crippen LogP contribution >= 0.6 is 0 Å². The maximum Gasteiger partial charge on any atom is 0.185 e. The lowest BCUT2D eigenvalue weighted by molar-refractivity contribution is 0.100. The number of carbonyl (C=O) groups excluding carboxylic acids is 1. The average Bonchev–Trinajstić information content (AvgIpc) is 2.80. The van der Waals surface area contributed by atoms with E-state index in [0.29, 0.717) is 0 Å². The van der Waals surface area contributed by atoms with E-state index in [-0.39, 0.29) is 27.9 Å². The number of carbonyl (C=O) groups is 1. The summed E-state index contributed by atoms with van der Waals surface area (Å²) in [6, 6.07) is 6.33. The van der Waals surface area contributed by atoms with Crippen molar-refractivity contribution in [1.82, 2.24) is 5.16 Å². The van der Waals surface area contributed by atoms with Gasteiger partial charge in [0.25, 0.3) is 0 Å². The van der Waals surface area contributed by atoms with Crippen LogP contribution in [0.1, 0.15) is 34.3 Å². The van der Waals surface area contributed by atoms with Crippen LogP contribution in [0.15, 0.2) is 33.7 Å². The summed E-state index contributed by atoms with van der Waals surface area (Å²) >= 11 is 0. The first-order valence-electron chi connectivity index (χ1n) is 6.06. The maximum absolute atomic E-state index is 12.3. The van der Waals surface area contributed by atoms with Gasteiger partial charge in [-0.2, -0.15) is 0 Å². The number of ketones is 1. The highest BCUT2D eigenvalue weighted by molar-refractivity contribution is 7.90. The summed E-state index contributed by atoms with van der Waals surface area (Å²) in [6.07, 6.45) is 0. The molecule has 6 heteroatoms. The van der Waals surface area contributed by atoms with Crippen LogP contribution in [0.2, 0.25) is 0 Å². The Morgan fingerprint density at radius 1 is 1.20 bits per heavy atom. The second kappa shape index (κ2) is 5.20. The fraction of sp³-hybridized carbons (Fsp3) is 0.286. The SMILES string of the molecule is CC(=O)c1cc(CS(=O)(=O)c2ccc(C)c(C)c2)on1. The maximum atomic E-state index is 12.3. The van der Waals surface area contributed by atoms with E-state index in [2.05, 4.69) is 5.16 Å². The Bertz CT molecular complexity index is 759. The summed E-state index contributed by atoms with van der Waals surface area (Å²) in [6.45, 7) is 5.12. The number of hydrogen-bond acceptors (Lipinski definition) is 5. The Kier molecular flexibility index (Phi) is 3.76. The smallest absolute Gasteiger partial charge is 0.185 e. The average molecular weight is 293 g/mol. The van der Waals surface area contributed by atoms with Crippen molar-refractivity contribution in [1.29, 1.82) is 0 Å². The Morgan fingerprint density at radius 2 is 1.90 bits per heavy atom. The summed E-state index contributed by atoms with van der Waals surface area (Å²) in [5.74, 6) is -0.410. The van der Waals surface area contributed by atoms with Crippen molar-refractivity contribution in [3.8, 4) is 0 Å². The van der Waals surface area contributed by atoms with Gasteiger partial charge in [-0.1, -0.05) is 11.2 Å². The van der Waals surface area contributed by atoms with E-state index in [1.54, 1.807) is 18.2 Å².